The van der Waals surface area contributed by atoms with Crippen LogP contribution in [0.15, 0.2) is 11.2 Å². The lowest BCUT2D eigenvalue weighted by atomic mass is 10.1. The molecule has 0 aromatic carbocycles. The molecule has 0 radical (unpaired) electrons. The summed E-state index contributed by atoms with van der Waals surface area (Å²) >= 11 is 0.827. The van der Waals surface area contributed by atoms with E-state index in [1.54, 1.807) is 6.92 Å². The molecule has 0 atom stereocenters. The zero-order valence-corrected chi connectivity index (χ0v) is 14.0. The highest BCUT2D eigenvalue weighted by molar-refractivity contribution is 7.04. The van der Waals surface area contributed by atoms with Crippen molar-refractivity contribution >= 4 is 17.6 Å². The normalized spacial score (nSPS) is 13.5. The summed E-state index contributed by atoms with van der Waals surface area (Å²) in [5, 5.41) is 0. The van der Waals surface area contributed by atoms with Crippen molar-refractivity contribution in [3.8, 4) is 0 Å². The third kappa shape index (κ3) is 4.34. The molecule has 1 rings (SSSR count). The van der Waals surface area contributed by atoms with Crippen LogP contribution >= 0.6 is 11.5 Å². The summed E-state index contributed by atoms with van der Waals surface area (Å²) in [5.74, 6) is 0. The lowest BCUT2D eigenvalue weighted by Gasteiger charge is -2.28. The summed E-state index contributed by atoms with van der Waals surface area (Å²) in [4.78, 5) is 15.3. The maximum Gasteiger partial charge on any atom is 0.434 e. The predicted octanol–water partition coefficient (Wildman–Crippen LogP) is 4.25. The fourth-order valence-electron chi connectivity index (χ4n) is 1.64. The van der Waals surface area contributed by atoms with Gasteiger partial charge >= 0.3 is 12.3 Å². The molecule has 0 saturated heterocycles. The van der Waals surface area contributed by atoms with Crippen molar-refractivity contribution in [1.29, 1.82) is 0 Å². The highest BCUT2D eigenvalue weighted by Gasteiger charge is 2.49. The Morgan fingerprint density at radius 2 is 2.00 bits per heavy atom. The number of unbranched alkanes of at least 4 members (excludes halogenated alkanes) is 1. The van der Waals surface area contributed by atoms with Crippen LogP contribution in [0.1, 0.15) is 46.1 Å². The highest BCUT2D eigenvalue weighted by atomic mass is 32.1. The van der Waals surface area contributed by atoms with Crippen LogP contribution in [0.2, 0.25) is 0 Å². The molecule has 0 aliphatic carbocycles. The Kier molecular flexibility index (Phi) is 6.22. The van der Waals surface area contributed by atoms with Crippen LogP contribution in [0, 0.1) is 0 Å². The summed E-state index contributed by atoms with van der Waals surface area (Å²) in [7, 11) is 0. The Morgan fingerprint density at radius 3 is 2.50 bits per heavy atom. The standard InChI is InChI=1S/C14H21F3N2O2S/c1-5-7-8-10-9-19(13(3,4)14(15,16)17)22-11(10)18-12(20)21-6-2/h9H,5-8H2,1-4H3/b18-11-. The van der Waals surface area contributed by atoms with Gasteiger partial charge in [-0.15, -0.1) is 0 Å². The van der Waals surface area contributed by atoms with Crippen LogP contribution in [0.25, 0.3) is 0 Å². The molecular weight excluding hydrogens is 317 g/mol. The van der Waals surface area contributed by atoms with Gasteiger partial charge in [0.15, 0.2) is 0 Å². The van der Waals surface area contributed by atoms with Crippen molar-refractivity contribution in [2.45, 2.75) is 58.7 Å². The molecule has 126 valence electrons. The summed E-state index contributed by atoms with van der Waals surface area (Å²) in [6.07, 6.45) is -1.45. The Balaban J connectivity index is 3.29. The lowest BCUT2D eigenvalue weighted by Crippen LogP contribution is -2.40. The minimum Gasteiger partial charge on any atom is -0.448 e. The topological polar surface area (TPSA) is 43.6 Å². The van der Waals surface area contributed by atoms with Gasteiger partial charge in [-0.2, -0.15) is 18.2 Å². The van der Waals surface area contributed by atoms with Gasteiger partial charge in [0.2, 0.25) is 0 Å². The van der Waals surface area contributed by atoms with E-state index in [1.807, 2.05) is 6.92 Å². The molecule has 0 N–H and O–H groups in total. The summed E-state index contributed by atoms with van der Waals surface area (Å²) in [6.45, 7) is 6.00. The van der Waals surface area contributed by atoms with Crippen molar-refractivity contribution in [1.82, 2.24) is 3.96 Å². The number of nitrogens with zero attached hydrogens (tertiary/aromatic N) is 2. The number of hydrogen-bond acceptors (Lipinski definition) is 3. The fourth-order valence-corrected chi connectivity index (χ4v) is 2.73. The zero-order chi connectivity index (χ0) is 17.0. The molecule has 0 bridgehead atoms. The van der Waals surface area contributed by atoms with E-state index in [0.29, 0.717) is 12.0 Å². The average Bonchev–Trinajstić information content (AvgIpc) is 2.79. The molecule has 1 aromatic rings. The van der Waals surface area contributed by atoms with Crippen LogP contribution in [0.4, 0.5) is 18.0 Å². The molecule has 22 heavy (non-hydrogen) atoms. The van der Waals surface area contributed by atoms with Crippen molar-refractivity contribution in [2.24, 2.45) is 4.99 Å². The number of carbonyl (C=O) groups is 1. The van der Waals surface area contributed by atoms with Crippen LogP contribution in [-0.4, -0.2) is 22.8 Å². The largest absolute Gasteiger partial charge is 0.448 e. The van der Waals surface area contributed by atoms with E-state index in [4.69, 9.17) is 4.74 Å². The molecule has 4 nitrogen and oxygen atoms in total. The van der Waals surface area contributed by atoms with E-state index in [2.05, 4.69) is 4.99 Å². The zero-order valence-electron chi connectivity index (χ0n) is 13.2. The number of rotatable bonds is 5. The number of aryl methyl sites for hydroxylation is 1. The Morgan fingerprint density at radius 1 is 1.36 bits per heavy atom. The number of aromatic nitrogens is 1. The van der Waals surface area contributed by atoms with Crippen LogP contribution < -0.4 is 4.67 Å². The van der Waals surface area contributed by atoms with Gasteiger partial charge < -0.3 is 4.74 Å². The van der Waals surface area contributed by atoms with Crippen molar-refractivity contribution in [3.63, 3.8) is 0 Å². The Bertz CT molecular complexity index is 573. The first kappa shape index (κ1) is 18.7. The van der Waals surface area contributed by atoms with Gasteiger partial charge in [0.25, 0.3) is 0 Å². The third-order valence-corrected chi connectivity index (χ3v) is 4.52. The van der Waals surface area contributed by atoms with E-state index >= 15 is 0 Å². The molecule has 1 heterocycles. The van der Waals surface area contributed by atoms with Gasteiger partial charge in [0, 0.05) is 11.8 Å². The molecule has 0 saturated carbocycles. The van der Waals surface area contributed by atoms with E-state index in [1.165, 1.54) is 6.20 Å². The van der Waals surface area contributed by atoms with Gasteiger partial charge in [0.1, 0.15) is 10.2 Å². The smallest absolute Gasteiger partial charge is 0.434 e. The van der Waals surface area contributed by atoms with E-state index < -0.39 is 17.8 Å². The monoisotopic (exact) mass is 338 g/mol. The molecule has 1 aromatic heterocycles. The molecule has 1 amide bonds. The van der Waals surface area contributed by atoms with E-state index in [0.717, 1.165) is 42.2 Å². The third-order valence-electron chi connectivity index (χ3n) is 3.24. The maximum atomic E-state index is 13.2. The van der Waals surface area contributed by atoms with Gasteiger partial charge in [0.05, 0.1) is 6.61 Å². The molecule has 8 heteroatoms. The molecule has 0 aliphatic heterocycles. The molecule has 0 unspecified atom stereocenters. The first-order chi connectivity index (χ1) is 10.1. The van der Waals surface area contributed by atoms with Gasteiger partial charge in [-0.1, -0.05) is 13.3 Å². The highest BCUT2D eigenvalue weighted by Crippen LogP contribution is 2.37. The lowest BCUT2D eigenvalue weighted by molar-refractivity contribution is -0.199. The molecular formula is C14H21F3N2O2S. The second-order valence-corrected chi connectivity index (χ2v) is 6.31. The van der Waals surface area contributed by atoms with Crippen LogP contribution in [0.3, 0.4) is 0 Å². The summed E-state index contributed by atoms with van der Waals surface area (Å²) < 4.78 is 45.6. The average molecular weight is 338 g/mol. The summed E-state index contributed by atoms with van der Waals surface area (Å²) in [5.41, 5.74) is -1.42. The van der Waals surface area contributed by atoms with Crippen molar-refractivity contribution in [3.05, 3.63) is 16.4 Å². The van der Waals surface area contributed by atoms with Gasteiger partial charge in [-0.3, -0.25) is 3.96 Å². The number of ether oxygens (including phenoxy) is 1. The number of alkyl halides is 3. The predicted molar refractivity (Wildman–Crippen MR) is 78.9 cm³/mol. The molecule has 0 spiro atoms. The van der Waals surface area contributed by atoms with E-state index in [9.17, 15) is 18.0 Å². The quantitative estimate of drug-likeness (QED) is 0.806. The Labute approximate surface area is 131 Å². The van der Waals surface area contributed by atoms with Crippen LogP contribution in [0.5, 0.6) is 0 Å². The van der Waals surface area contributed by atoms with Gasteiger partial charge in [-0.25, -0.2) is 4.79 Å². The number of carbonyl (C=O) groups excluding carboxylic acids is 1. The summed E-state index contributed by atoms with van der Waals surface area (Å²) in [6, 6.07) is 0. The second-order valence-electron chi connectivity index (χ2n) is 5.35. The number of hydrogen-bond donors (Lipinski definition) is 0. The molecule has 0 aliphatic rings. The number of halogens is 3. The molecule has 0 fully saturated rings. The minimum absolute atomic E-state index is 0.173. The van der Waals surface area contributed by atoms with E-state index in [-0.39, 0.29) is 11.3 Å². The fraction of sp³-hybridized carbons (Fsp3) is 0.714. The van der Waals surface area contributed by atoms with Crippen molar-refractivity contribution < 1.29 is 22.7 Å². The van der Waals surface area contributed by atoms with Crippen molar-refractivity contribution in [2.75, 3.05) is 6.61 Å². The SMILES string of the molecule is CCCCc1cn(C(C)(C)C(F)(F)F)s/c1=N\C(=O)OCC. The maximum absolute atomic E-state index is 13.2. The minimum atomic E-state index is -4.40. The first-order valence-electron chi connectivity index (χ1n) is 7.14. The first-order valence-corrected chi connectivity index (χ1v) is 7.91. The van der Waals surface area contributed by atoms with Gasteiger partial charge in [-0.05, 0) is 45.1 Å². The Hall–Kier alpha value is -1.31. The van der Waals surface area contributed by atoms with Crippen LogP contribution in [-0.2, 0) is 16.7 Å². The number of amides is 1. The second kappa shape index (κ2) is 7.30.